The van der Waals surface area contributed by atoms with Crippen molar-refractivity contribution in [1.82, 2.24) is 15.3 Å². The minimum Gasteiger partial charge on any atom is -0.473 e. The van der Waals surface area contributed by atoms with Gasteiger partial charge in [0, 0.05) is 17.8 Å². The van der Waals surface area contributed by atoms with Gasteiger partial charge < -0.3 is 10.1 Å². The third-order valence-electron chi connectivity index (χ3n) is 2.58. The summed E-state index contributed by atoms with van der Waals surface area (Å²) >= 11 is 0. The van der Waals surface area contributed by atoms with Crippen molar-refractivity contribution in [2.45, 2.75) is 26.4 Å². The first-order valence-electron chi connectivity index (χ1n) is 4.93. The lowest BCUT2D eigenvalue weighted by Gasteiger charge is -2.13. The van der Waals surface area contributed by atoms with Crippen molar-refractivity contribution in [2.75, 3.05) is 13.1 Å². The Morgan fingerprint density at radius 1 is 1.43 bits per heavy atom. The molecule has 14 heavy (non-hydrogen) atoms. The van der Waals surface area contributed by atoms with Gasteiger partial charge in [-0.15, -0.1) is 0 Å². The standard InChI is InChI=1S/C10H15N3O/c1-7-8(2)12-6-13-10(7)14-9-3-4-11-5-9/h6,9,11H,3-5H2,1-2H3. The Morgan fingerprint density at radius 3 is 3.00 bits per heavy atom. The smallest absolute Gasteiger partial charge is 0.219 e. The molecule has 0 saturated carbocycles. The van der Waals surface area contributed by atoms with Crippen LogP contribution in [0.15, 0.2) is 6.33 Å². The quantitative estimate of drug-likeness (QED) is 0.756. The summed E-state index contributed by atoms with van der Waals surface area (Å²) in [6.45, 7) is 5.92. The van der Waals surface area contributed by atoms with Crippen molar-refractivity contribution >= 4 is 0 Å². The molecule has 1 N–H and O–H groups in total. The number of nitrogens with zero attached hydrogens (tertiary/aromatic N) is 2. The molecular weight excluding hydrogens is 178 g/mol. The second-order valence-electron chi connectivity index (χ2n) is 3.62. The molecular formula is C10H15N3O. The van der Waals surface area contributed by atoms with Gasteiger partial charge in [-0.1, -0.05) is 0 Å². The number of ether oxygens (including phenoxy) is 1. The molecule has 1 unspecified atom stereocenters. The summed E-state index contributed by atoms with van der Waals surface area (Å²) in [5, 5.41) is 3.26. The van der Waals surface area contributed by atoms with Crippen LogP contribution in [-0.4, -0.2) is 29.2 Å². The van der Waals surface area contributed by atoms with Gasteiger partial charge in [-0.25, -0.2) is 9.97 Å². The van der Waals surface area contributed by atoms with Gasteiger partial charge in [0.05, 0.1) is 0 Å². The van der Waals surface area contributed by atoms with Gasteiger partial charge in [-0.2, -0.15) is 0 Å². The molecule has 0 bridgehead atoms. The van der Waals surface area contributed by atoms with Crippen molar-refractivity contribution in [1.29, 1.82) is 0 Å². The van der Waals surface area contributed by atoms with E-state index in [9.17, 15) is 0 Å². The summed E-state index contributed by atoms with van der Waals surface area (Å²) < 4.78 is 5.77. The second kappa shape index (κ2) is 3.92. The maximum absolute atomic E-state index is 5.77. The van der Waals surface area contributed by atoms with E-state index in [1.807, 2.05) is 13.8 Å². The highest BCUT2D eigenvalue weighted by atomic mass is 16.5. The van der Waals surface area contributed by atoms with Crippen molar-refractivity contribution in [3.63, 3.8) is 0 Å². The van der Waals surface area contributed by atoms with E-state index >= 15 is 0 Å². The zero-order chi connectivity index (χ0) is 9.97. The minimum absolute atomic E-state index is 0.267. The molecule has 4 nitrogen and oxygen atoms in total. The van der Waals surface area contributed by atoms with Crippen LogP contribution in [0.5, 0.6) is 5.88 Å². The molecule has 1 fully saturated rings. The molecule has 1 aliphatic rings. The monoisotopic (exact) mass is 193 g/mol. The number of aryl methyl sites for hydroxylation is 1. The Labute approximate surface area is 83.7 Å². The molecule has 76 valence electrons. The Kier molecular flexibility index (Phi) is 2.63. The first-order chi connectivity index (χ1) is 6.77. The minimum atomic E-state index is 0.267. The molecule has 2 rings (SSSR count). The van der Waals surface area contributed by atoms with Gasteiger partial charge in [0.15, 0.2) is 0 Å². The molecule has 0 aromatic carbocycles. The van der Waals surface area contributed by atoms with Gasteiger partial charge in [0.25, 0.3) is 0 Å². The first-order valence-corrected chi connectivity index (χ1v) is 4.93. The van der Waals surface area contributed by atoms with E-state index in [1.165, 1.54) is 0 Å². The van der Waals surface area contributed by atoms with E-state index in [1.54, 1.807) is 6.33 Å². The molecule has 1 saturated heterocycles. The predicted molar refractivity (Wildman–Crippen MR) is 53.4 cm³/mol. The summed E-state index contributed by atoms with van der Waals surface area (Å²) in [4.78, 5) is 8.25. The van der Waals surface area contributed by atoms with Gasteiger partial charge in [0.1, 0.15) is 12.4 Å². The van der Waals surface area contributed by atoms with E-state index < -0.39 is 0 Å². The molecule has 0 amide bonds. The van der Waals surface area contributed by atoms with E-state index in [-0.39, 0.29) is 6.10 Å². The van der Waals surface area contributed by atoms with Gasteiger partial charge in [0.2, 0.25) is 5.88 Å². The lowest BCUT2D eigenvalue weighted by molar-refractivity contribution is 0.212. The highest BCUT2D eigenvalue weighted by Gasteiger charge is 2.17. The fourth-order valence-corrected chi connectivity index (χ4v) is 1.52. The number of hydrogen-bond donors (Lipinski definition) is 1. The van der Waals surface area contributed by atoms with E-state index in [0.29, 0.717) is 0 Å². The average Bonchev–Trinajstić information content (AvgIpc) is 2.66. The zero-order valence-electron chi connectivity index (χ0n) is 8.58. The van der Waals surface area contributed by atoms with E-state index in [4.69, 9.17) is 4.74 Å². The number of aromatic nitrogens is 2. The lowest BCUT2D eigenvalue weighted by atomic mass is 10.2. The fraction of sp³-hybridized carbons (Fsp3) is 0.600. The lowest BCUT2D eigenvalue weighted by Crippen LogP contribution is -2.20. The van der Waals surface area contributed by atoms with Gasteiger partial charge in [-0.3, -0.25) is 0 Å². The van der Waals surface area contributed by atoms with Crippen molar-refractivity contribution in [3.8, 4) is 5.88 Å². The maximum atomic E-state index is 5.77. The van der Waals surface area contributed by atoms with Crippen molar-refractivity contribution < 1.29 is 4.74 Å². The fourth-order valence-electron chi connectivity index (χ4n) is 1.52. The van der Waals surface area contributed by atoms with Gasteiger partial charge in [-0.05, 0) is 26.8 Å². The summed E-state index contributed by atoms with van der Waals surface area (Å²) in [5.41, 5.74) is 2.03. The molecule has 1 aliphatic heterocycles. The largest absolute Gasteiger partial charge is 0.473 e. The number of hydrogen-bond acceptors (Lipinski definition) is 4. The molecule has 0 aliphatic carbocycles. The van der Waals surface area contributed by atoms with Crippen LogP contribution in [-0.2, 0) is 0 Å². The molecule has 1 aromatic heterocycles. The number of nitrogens with one attached hydrogen (secondary N) is 1. The molecule has 0 spiro atoms. The normalized spacial score (nSPS) is 21.1. The van der Waals surface area contributed by atoms with Crippen molar-refractivity contribution in [3.05, 3.63) is 17.6 Å². The summed E-state index contributed by atoms with van der Waals surface area (Å²) in [6.07, 6.45) is 2.88. The molecule has 1 atom stereocenters. The second-order valence-corrected chi connectivity index (χ2v) is 3.62. The predicted octanol–water partition coefficient (Wildman–Crippen LogP) is 0.834. The summed E-state index contributed by atoms with van der Waals surface area (Å²) in [6, 6.07) is 0. The van der Waals surface area contributed by atoms with Crippen LogP contribution in [0.4, 0.5) is 0 Å². The Balaban J connectivity index is 2.11. The summed E-state index contributed by atoms with van der Waals surface area (Å²) in [7, 11) is 0. The van der Waals surface area contributed by atoms with Crippen LogP contribution in [0, 0.1) is 13.8 Å². The Bertz CT molecular complexity index is 321. The van der Waals surface area contributed by atoms with Crippen LogP contribution in [0.2, 0.25) is 0 Å². The number of rotatable bonds is 2. The Hall–Kier alpha value is -1.16. The van der Waals surface area contributed by atoms with Crippen LogP contribution in [0.3, 0.4) is 0 Å². The summed E-state index contributed by atoms with van der Waals surface area (Å²) in [5.74, 6) is 0.728. The molecule has 4 heteroatoms. The van der Waals surface area contributed by atoms with Crippen LogP contribution in [0.25, 0.3) is 0 Å². The third kappa shape index (κ3) is 1.85. The third-order valence-corrected chi connectivity index (χ3v) is 2.58. The molecule has 1 aromatic rings. The van der Waals surface area contributed by atoms with Crippen LogP contribution < -0.4 is 10.1 Å². The van der Waals surface area contributed by atoms with E-state index in [0.717, 1.165) is 36.6 Å². The zero-order valence-corrected chi connectivity index (χ0v) is 8.58. The molecule has 0 radical (unpaired) electrons. The molecule has 2 heterocycles. The average molecular weight is 193 g/mol. The van der Waals surface area contributed by atoms with E-state index in [2.05, 4.69) is 15.3 Å². The Morgan fingerprint density at radius 2 is 2.29 bits per heavy atom. The highest BCUT2D eigenvalue weighted by Crippen LogP contribution is 2.18. The first kappa shape index (κ1) is 9.40. The van der Waals surface area contributed by atoms with Crippen LogP contribution in [0.1, 0.15) is 17.7 Å². The maximum Gasteiger partial charge on any atom is 0.219 e. The van der Waals surface area contributed by atoms with Crippen molar-refractivity contribution in [2.24, 2.45) is 0 Å². The van der Waals surface area contributed by atoms with Gasteiger partial charge >= 0.3 is 0 Å². The SMILES string of the molecule is Cc1ncnc(OC2CCNC2)c1C. The highest BCUT2D eigenvalue weighted by molar-refractivity contribution is 5.27. The topological polar surface area (TPSA) is 47.0 Å². The van der Waals surface area contributed by atoms with Crippen LogP contribution >= 0.6 is 0 Å².